The summed E-state index contributed by atoms with van der Waals surface area (Å²) in [6, 6.07) is 0. The molecule has 2 nitrogen and oxygen atoms in total. The Balaban J connectivity index is 2.07. The second-order valence-electron chi connectivity index (χ2n) is 5.14. The number of alkyl halides is 2. The molecule has 2 heterocycles. The minimum absolute atomic E-state index is 0.105. The van der Waals surface area contributed by atoms with Gasteiger partial charge in [-0.05, 0) is 25.3 Å². The van der Waals surface area contributed by atoms with Gasteiger partial charge in [-0.3, -0.25) is 0 Å². The fraction of sp³-hybridized carbons (Fsp3) is 0.733. The third-order valence-corrected chi connectivity index (χ3v) is 6.02. The maximum atomic E-state index is 6.28. The molecule has 0 amide bonds. The van der Waals surface area contributed by atoms with Crippen LogP contribution < -0.4 is 0 Å². The molecule has 0 unspecified atom stereocenters. The van der Waals surface area contributed by atoms with Crippen molar-refractivity contribution in [3.8, 4) is 12.3 Å². The van der Waals surface area contributed by atoms with Crippen LogP contribution in [-0.2, 0) is 9.47 Å². The fourth-order valence-electron chi connectivity index (χ4n) is 2.75. The van der Waals surface area contributed by atoms with Crippen LogP contribution in [0.3, 0.4) is 0 Å². The van der Waals surface area contributed by atoms with Crippen LogP contribution in [-0.4, -0.2) is 34.1 Å². The average Bonchev–Trinajstić information content (AvgIpc) is 2.66. The van der Waals surface area contributed by atoms with Gasteiger partial charge in [0.1, 0.15) is 0 Å². The second-order valence-corrected chi connectivity index (χ2v) is 7.49. The Kier molecular flexibility index (Phi) is 5.95. The van der Waals surface area contributed by atoms with E-state index in [9.17, 15) is 0 Å². The highest BCUT2D eigenvalue weighted by Gasteiger charge is 2.44. The van der Waals surface area contributed by atoms with E-state index < -0.39 is 0 Å². The van der Waals surface area contributed by atoms with Crippen molar-refractivity contribution < 1.29 is 9.47 Å². The quantitative estimate of drug-likeness (QED) is 0.535. The highest BCUT2D eigenvalue weighted by molar-refractivity contribution is 9.09. The van der Waals surface area contributed by atoms with Gasteiger partial charge in [0.05, 0.1) is 24.4 Å². The zero-order chi connectivity index (χ0) is 13.8. The topological polar surface area (TPSA) is 18.5 Å². The van der Waals surface area contributed by atoms with E-state index in [0.717, 1.165) is 25.7 Å². The highest BCUT2D eigenvalue weighted by atomic mass is 79.9. The Morgan fingerprint density at radius 1 is 1.37 bits per heavy atom. The molecular formula is C15H20Br2O2. The molecule has 2 bridgehead atoms. The van der Waals surface area contributed by atoms with E-state index in [0.29, 0.717) is 9.65 Å². The summed E-state index contributed by atoms with van der Waals surface area (Å²) < 4.78 is 12.4. The highest BCUT2D eigenvalue weighted by Crippen LogP contribution is 2.38. The van der Waals surface area contributed by atoms with Gasteiger partial charge in [0.2, 0.25) is 0 Å². The molecule has 6 atom stereocenters. The number of allylic oxidation sites excluding steroid dienone is 1. The number of terminal acetylenes is 1. The van der Waals surface area contributed by atoms with Gasteiger partial charge >= 0.3 is 0 Å². The van der Waals surface area contributed by atoms with Crippen LogP contribution >= 0.6 is 31.9 Å². The van der Waals surface area contributed by atoms with Crippen LogP contribution in [0.25, 0.3) is 0 Å². The van der Waals surface area contributed by atoms with Crippen molar-refractivity contribution in [2.75, 3.05) is 0 Å². The molecule has 2 aliphatic heterocycles. The molecule has 0 aromatic rings. The lowest BCUT2D eigenvalue weighted by molar-refractivity contribution is -0.0523. The number of fused-ring (bicyclic) bond motifs is 2. The van der Waals surface area contributed by atoms with E-state index in [1.807, 2.05) is 6.08 Å². The predicted octanol–water partition coefficient (Wildman–Crippen LogP) is 3.82. The zero-order valence-corrected chi connectivity index (χ0v) is 14.3. The predicted molar refractivity (Wildman–Crippen MR) is 84.9 cm³/mol. The Bertz CT molecular complexity index is 364. The molecule has 0 radical (unpaired) electrons. The lowest BCUT2D eigenvalue weighted by atomic mass is 9.99. The monoisotopic (exact) mass is 390 g/mol. The van der Waals surface area contributed by atoms with Crippen molar-refractivity contribution in [1.29, 1.82) is 0 Å². The Labute approximate surface area is 132 Å². The van der Waals surface area contributed by atoms with Crippen LogP contribution in [0.15, 0.2) is 12.2 Å². The van der Waals surface area contributed by atoms with E-state index in [1.54, 1.807) is 6.08 Å². The lowest BCUT2D eigenvalue weighted by Crippen LogP contribution is -2.36. The maximum Gasteiger partial charge on any atom is 0.0876 e. The largest absolute Gasteiger partial charge is 0.371 e. The van der Waals surface area contributed by atoms with Crippen LogP contribution in [0.1, 0.15) is 32.6 Å². The van der Waals surface area contributed by atoms with E-state index in [-0.39, 0.29) is 24.4 Å². The zero-order valence-electron chi connectivity index (χ0n) is 11.1. The molecule has 2 rings (SSSR count). The molecule has 0 aromatic heterocycles. The Morgan fingerprint density at radius 2 is 2.16 bits per heavy atom. The second kappa shape index (κ2) is 7.26. The first kappa shape index (κ1) is 15.6. The lowest BCUT2D eigenvalue weighted by Gasteiger charge is -2.29. The Morgan fingerprint density at radius 3 is 2.84 bits per heavy atom. The van der Waals surface area contributed by atoms with Crippen molar-refractivity contribution in [2.24, 2.45) is 0 Å². The molecule has 19 heavy (non-hydrogen) atoms. The van der Waals surface area contributed by atoms with Crippen LogP contribution in [0.5, 0.6) is 0 Å². The number of hydrogen-bond donors (Lipinski definition) is 0. The summed E-state index contributed by atoms with van der Waals surface area (Å²) in [5.41, 5.74) is 0. The molecule has 0 spiro atoms. The van der Waals surface area contributed by atoms with Gasteiger partial charge in [0.25, 0.3) is 0 Å². The molecular weight excluding hydrogens is 372 g/mol. The van der Waals surface area contributed by atoms with Crippen LogP contribution in [0.2, 0.25) is 0 Å². The third kappa shape index (κ3) is 3.85. The van der Waals surface area contributed by atoms with Gasteiger partial charge in [0, 0.05) is 16.1 Å². The number of halogens is 2. The summed E-state index contributed by atoms with van der Waals surface area (Å²) >= 11 is 7.47. The van der Waals surface area contributed by atoms with Crippen molar-refractivity contribution in [3.63, 3.8) is 0 Å². The first-order valence-electron chi connectivity index (χ1n) is 6.85. The van der Waals surface area contributed by atoms with Gasteiger partial charge in [-0.1, -0.05) is 50.8 Å². The van der Waals surface area contributed by atoms with E-state index in [2.05, 4.69) is 44.7 Å². The standard InChI is InChI=1S/C15H20Br2O2/c1-3-5-6-7-12-15-8-11(17)14(19-15)9-13(18-12)10(16)4-2/h1,5-6,10-15H,4,7-9H2,2H3/t10-,11-,12-,13+,14-,15-/m0/s1. The minimum Gasteiger partial charge on any atom is -0.371 e. The summed E-state index contributed by atoms with van der Waals surface area (Å²) in [5.74, 6) is 2.52. The summed E-state index contributed by atoms with van der Waals surface area (Å²) in [7, 11) is 0. The molecule has 2 fully saturated rings. The fourth-order valence-corrected chi connectivity index (χ4v) is 3.80. The van der Waals surface area contributed by atoms with Crippen molar-refractivity contribution in [1.82, 2.24) is 0 Å². The van der Waals surface area contributed by atoms with Crippen molar-refractivity contribution in [3.05, 3.63) is 12.2 Å². The molecule has 0 aromatic carbocycles. The van der Waals surface area contributed by atoms with Crippen molar-refractivity contribution >= 4 is 31.9 Å². The number of rotatable bonds is 4. The molecule has 4 heteroatoms. The molecule has 2 saturated heterocycles. The summed E-state index contributed by atoms with van der Waals surface area (Å²) in [4.78, 5) is 0.828. The summed E-state index contributed by atoms with van der Waals surface area (Å²) in [6.07, 6.45) is 13.6. The van der Waals surface area contributed by atoms with Gasteiger partial charge < -0.3 is 9.47 Å². The molecule has 0 N–H and O–H groups in total. The van der Waals surface area contributed by atoms with E-state index in [1.165, 1.54) is 0 Å². The molecule has 106 valence electrons. The van der Waals surface area contributed by atoms with Gasteiger partial charge in [-0.2, -0.15) is 0 Å². The van der Waals surface area contributed by atoms with Crippen LogP contribution in [0.4, 0.5) is 0 Å². The van der Waals surface area contributed by atoms with Gasteiger partial charge in [0.15, 0.2) is 0 Å². The number of hydrogen-bond acceptors (Lipinski definition) is 2. The smallest absolute Gasteiger partial charge is 0.0876 e. The Hall–Kier alpha value is 0.180. The first-order chi connectivity index (χ1) is 9.15. The minimum atomic E-state index is 0.105. The van der Waals surface area contributed by atoms with Crippen LogP contribution in [0, 0.1) is 12.3 Å². The summed E-state index contributed by atoms with van der Waals surface area (Å²) in [6.45, 7) is 2.17. The van der Waals surface area contributed by atoms with E-state index >= 15 is 0 Å². The molecule has 0 saturated carbocycles. The molecule has 2 aliphatic rings. The van der Waals surface area contributed by atoms with E-state index in [4.69, 9.17) is 15.9 Å². The SMILES string of the molecule is C#CC=CC[C@@H]1O[C@@H]([C@@H](Br)CC)C[C@@H]2O[C@H]1C[C@@H]2Br. The normalized spacial score (nSPS) is 40.0. The third-order valence-electron chi connectivity index (χ3n) is 3.82. The van der Waals surface area contributed by atoms with Gasteiger partial charge in [-0.25, -0.2) is 0 Å². The van der Waals surface area contributed by atoms with Gasteiger partial charge in [-0.15, -0.1) is 6.42 Å². The average molecular weight is 392 g/mol. The first-order valence-corrected chi connectivity index (χ1v) is 8.69. The van der Waals surface area contributed by atoms with Crippen molar-refractivity contribution in [2.45, 2.75) is 66.7 Å². The molecule has 0 aliphatic carbocycles. The maximum absolute atomic E-state index is 6.28. The summed E-state index contributed by atoms with van der Waals surface area (Å²) in [5, 5.41) is 0. The number of ether oxygens (including phenoxy) is 2.